The van der Waals surface area contributed by atoms with E-state index in [1.165, 1.54) is 30.3 Å². The lowest BCUT2D eigenvalue weighted by Gasteiger charge is -2.31. The van der Waals surface area contributed by atoms with E-state index in [0.29, 0.717) is 23.5 Å². The van der Waals surface area contributed by atoms with Crippen molar-refractivity contribution in [3.63, 3.8) is 0 Å². The fourth-order valence-corrected chi connectivity index (χ4v) is 4.03. The molecule has 0 fully saturated rings. The zero-order chi connectivity index (χ0) is 21.2. The van der Waals surface area contributed by atoms with Crippen molar-refractivity contribution in [2.75, 3.05) is 13.2 Å². The Morgan fingerprint density at radius 1 is 1.07 bits per heavy atom. The molecule has 9 heteroatoms. The van der Waals surface area contributed by atoms with Gasteiger partial charge in [0.2, 0.25) is 10.0 Å². The quantitative estimate of drug-likeness (QED) is 0.724. The van der Waals surface area contributed by atoms with Gasteiger partial charge in [0.25, 0.3) is 0 Å². The molecule has 0 aromatic heterocycles. The summed E-state index contributed by atoms with van der Waals surface area (Å²) in [5, 5.41) is 10.3. The van der Waals surface area contributed by atoms with Crippen molar-refractivity contribution < 1.29 is 31.4 Å². The zero-order valence-corrected chi connectivity index (χ0v) is 16.5. The third-order valence-electron chi connectivity index (χ3n) is 4.27. The molecule has 0 amide bonds. The predicted molar refractivity (Wildman–Crippen MR) is 98.7 cm³/mol. The summed E-state index contributed by atoms with van der Waals surface area (Å²) in [7, 11) is -4.30. The maximum atomic E-state index is 13.5. The number of benzene rings is 2. The first-order valence-electron chi connectivity index (χ1n) is 8.50. The minimum atomic E-state index is -5.08. The van der Waals surface area contributed by atoms with Crippen LogP contribution in [0.25, 0.3) is 0 Å². The minimum absolute atomic E-state index is 0.205. The lowest BCUT2D eigenvalue weighted by Crippen LogP contribution is -2.51. The van der Waals surface area contributed by atoms with Crippen LogP contribution >= 0.6 is 0 Å². The Balaban J connectivity index is 2.36. The molecule has 0 radical (unpaired) electrons. The Morgan fingerprint density at radius 2 is 1.61 bits per heavy atom. The molecule has 2 aromatic rings. The molecule has 0 aliphatic rings. The van der Waals surface area contributed by atoms with Crippen LogP contribution < -0.4 is 9.46 Å². The first-order chi connectivity index (χ1) is 12.9. The Bertz CT molecular complexity index is 907. The highest BCUT2D eigenvalue weighted by molar-refractivity contribution is 7.89. The Hall–Kier alpha value is -2.10. The number of sulfonamides is 1. The van der Waals surface area contributed by atoms with Crippen molar-refractivity contribution in [3.05, 3.63) is 59.2 Å². The molecule has 2 N–H and O–H groups in total. The number of aryl methyl sites for hydroxylation is 2. The van der Waals surface area contributed by atoms with Crippen molar-refractivity contribution in [3.8, 4) is 5.75 Å². The van der Waals surface area contributed by atoms with Gasteiger partial charge in [0.05, 0.1) is 18.0 Å². The number of nitrogens with one attached hydrogen (secondary N) is 1. The molecule has 0 saturated carbocycles. The van der Waals surface area contributed by atoms with Gasteiger partial charge in [0, 0.05) is 0 Å². The molecule has 0 aliphatic carbocycles. The van der Waals surface area contributed by atoms with E-state index in [1.54, 1.807) is 20.8 Å². The van der Waals surface area contributed by atoms with Crippen LogP contribution in [0.4, 0.5) is 13.2 Å². The fourth-order valence-electron chi connectivity index (χ4n) is 2.80. The highest BCUT2D eigenvalue weighted by Crippen LogP contribution is 2.38. The third kappa shape index (κ3) is 4.48. The molecule has 0 heterocycles. The largest absolute Gasteiger partial charge is 0.493 e. The lowest BCUT2D eigenvalue weighted by molar-refractivity contribution is -0.263. The Morgan fingerprint density at radius 3 is 2.07 bits per heavy atom. The highest BCUT2D eigenvalue weighted by Gasteiger charge is 2.55. The van der Waals surface area contributed by atoms with Crippen LogP contribution in [0, 0.1) is 13.8 Å². The van der Waals surface area contributed by atoms with Crippen molar-refractivity contribution in [1.82, 2.24) is 4.72 Å². The second-order valence-electron chi connectivity index (χ2n) is 6.37. The van der Waals surface area contributed by atoms with E-state index in [-0.39, 0.29) is 4.90 Å². The van der Waals surface area contributed by atoms with Crippen molar-refractivity contribution >= 4 is 10.0 Å². The number of hydrogen-bond acceptors (Lipinski definition) is 4. The second kappa shape index (κ2) is 8.10. The van der Waals surface area contributed by atoms with Crippen molar-refractivity contribution in [1.29, 1.82) is 0 Å². The highest BCUT2D eigenvalue weighted by atomic mass is 32.2. The smallest absolute Gasteiger partial charge is 0.422 e. The maximum Gasteiger partial charge on any atom is 0.422 e. The lowest BCUT2D eigenvalue weighted by atomic mass is 9.93. The summed E-state index contributed by atoms with van der Waals surface area (Å²) < 4.78 is 73.1. The van der Waals surface area contributed by atoms with Gasteiger partial charge in [0.15, 0.2) is 5.60 Å². The number of ether oxygens (including phenoxy) is 1. The number of halogens is 3. The summed E-state index contributed by atoms with van der Waals surface area (Å²) in [5.41, 5.74) is -2.74. The van der Waals surface area contributed by atoms with Gasteiger partial charge in [-0.2, -0.15) is 13.2 Å². The van der Waals surface area contributed by atoms with Crippen LogP contribution in [0.2, 0.25) is 0 Å². The van der Waals surface area contributed by atoms with E-state index in [4.69, 9.17) is 4.74 Å². The molecule has 5 nitrogen and oxygen atoms in total. The van der Waals surface area contributed by atoms with Crippen LogP contribution in [0.15, 0.2) is 47.4 Å². The normalized spacial score (nSPS) is 14.5. The van der Waals surface area contributed by atoms with Crippen LogP contribution in [-0.2, 0) is 15.6 Å². The number of aliphatic hydroxyl groups is 1. The molecular formula is C19H22F3NO4S. The van der Waals surface area contributed by atoms with Crippen LogP contribution in [-0.4, -0.2) is 32.9 Å². The number of hydrogen-bond donors (Lipinski definition) is 2. The van der Waals surface area contributed by atoms with Gasteiger partial charge in [-0.05, 0) is 49.6 Å². The SMILES string of the molecule is CCOc1c(C)cc(S(=O)(=O)NCC(O)(c2ccccc2)C(F)(F)F)cc1C. The van der Waals surface area contributed by atoms with Gasteiger partial charge in [-0.15, -0.1) is 0 Å². The summed E-state index contributed by atoms with van der Waals surface area (Å²) in [5.74, 6) is 0.525. The van der Waals surface area contributed by atoms with Crippen LogP contribution in [0.1, 0.15) is 23.6 Å². The molecule has 0 spiro atoms. The molecule has 1 atom stereocenters. The topological polar surface area (TPSA) is 75.6 Å². The molecule has 2 rings (SSSR count). The molecule has 0 aliphatic heterocycles. The van der Waals surface area contributed by atoms with E-state index in [2.05, 4.69) is 0 Å². The van der Waals surface area contributed by atoms with Gasteiger partial charge in [-0.3, -0.25) is 0 Å². The van der Waals surface area contributed by atoms with Crippen LogP contribution in [0.3, 0.4) is 0 Å². The maximum absolute atomic E-state index is 13.5. The Labute approximate surface area is 162 Å². The summed E-state index contributed by atoms with van der Waals surface area (Å²) in [6.07, 6.45) is -5.08. The van der Waals surface area contributed by atoms with Gasteiger partial charge < -0.3 is 9.84 Å². The molecule has 0 bridgehead atoms. The summed E-state index contributed by atoms with van der Waals surface area (Å²) >= 11 is 0. The van der Waals surface area contributed by atoms with Gasteiger partial charge >= 0.3 is 6.18 Å². The first-order valence-corrected chi connectivity index (χ1v) is 9.99. The minimum Gasteiger partial charge on any atom is -0.493 e. The monoisotopic (exact) mass is 417 g/mol. The average Bonchev–Trinajstić information content (AvgIpc) is 2.62. The van der Waals surface area contributed by atoms with E-state index >= 15 is 0 Å². The predicted octanol–water partition coefficient (Wildman–Crippen LogP) is 3.43. The van der Waals surface area contributed by atoms with E-state index in [0.717, 1.165) is 12.1 Å². The van der Waals surface area contributed by atoms with Gasteiger partial charge in [0.1, 0.15) is 5.75 Å². The summed E-state index contributed by atoms with van der Waals surface area (Å²) in [6.45, 7) is 4.21. The van der Waals surface area contributed by atoms with Crippen molar-refractivity contribution in [2.24, 2.45) is 0 Å². The Kier molecular flexibility index (Phi) is 6.42. The molecule has 2 aromatic carbocycles. The summed E-state index contributed by atoms with van der Waals surface area (Å²) in [6, 6.07) is 8.97. The summed E-state index contributed by atoms with van der Waals surface area (Å²) in [4.78, 5) is -0.205. The standard InChI is InChI=1S/C19H22F3NO4S/c1-4-27-17-13(2)10-16(11-14(17)3)28(25,26)23-12-18(24,19(20,21)22)15-8-6-5-7-9-15/h5-11,23-24H,4,12H2,1-3H3. The second-order valence-corrected chi connectivity index (χ2v) is 8.13. The number of rotatable bonds is 7. The van der Waals surface area contributed by atoms with Gasteiger partial charge in [-0.1, -0.05) is 30.3 Å². The first kappa shape index (κ1) is 22.2. The molecule has 0 saturated heterocycles. The number of alkyl halides is 3. The van der Waals surface area contributed by atoms with Gasteiger partial charge in [-0.25, -0.2) is 13.1 Å². The zero-order valence-electron chi connectivity index (χ0n) is 15.7. The fraction of sp³-hybridized carbons (Fsp3) is 0.368. The molecule has 154 valence electrons. The van der Waals surface area contributed by atoms with E-state index in [9.17, 15) is 26.7 Å². The van der Waals surface area contributed by atoms with E-state index in [1.807, 2.05) is 4.72 Å². The molecule has 28 heavy (non-hydrogen) atoms. The molecule has 1 unspecified atom stereocenters. The third-order valence-corrected chi connectivity index (χ3v) is 5.65. The molecular weight excluding hydrogens is 395 g/mol. The van der Waals surface area contributed by atoms with Crippen LogP contribution in [0.5, 0.6) is 5.75 Å². The van der Waals surface area contributed by atoms with Crippen molar-refractivity contribution in [2.45, 2.75) is 37.4 Å². The van der Waals surface area contributed by atoms with E-state index < -0.39 is 33.9 Å². The average molecular weight is 417 g/mol.